The van der Waals surface area contributed by atoms with Gasteiger partial charge in [-0.05, 0) is 125 Å². The fraction of sp³-hybridized carbons (Fsp3) is 0.933. The minimum atomic E-state index is -0.589. The summed E-state index contributed by atoms with van der Waals surface area (Å²) < 4.78 is 10.4. The van der Waals surface area contributed by atoms with E-state index in [1.54, 1.807) is 20.8 Å². The van der Waals surface area contributed by atoms with Crippen molar-refractivity contribution in [1.29, 1.82) is 0 Å². The Morgan fingerprint density at radius 3 is 2.31 bits per heavy atom. The number of carbonyl (C=O) groups is 2. The van der Waals surface area contributed by atoms with Crippen molar-refractivity contribution < 1.29 is 29.3 Å². The van der Waals surface area contributed by atoms with Gasteiger partial charge in [0, 0.05) is 6.42 Å². The number of rotatable bonds is 6. The minimum Gasteiger partial charge on any atom is -0.457 e. The predicted molar refractivity (Wildman–Crippen MR) is 138 cm³/mol. The Balaban J connectivity index is 1.35. The third-order valence-corrected chi connectivity index (χ3v) is 11.0. The number of esters is 2. The van der Waals surface area contributed by atoms with Crippen LogP contribution in [-0.2, 0) is 19.1 Å². The lowest BCUT2D eigenvalue weighted by atomic mass is 9.43. The maximum atomic E-state index is 12.3. The summed E-state index contributed by atoms with van der Waals surface area (Å²) in [6.07, 6.45) is 8.96. The van der Waals surface area contributed by atoms with Gasteiger partial charge in [-0.15, -0.1) is 0 Å². The summed E-state index contributed by atoms with van der Waals surface area (Å²) in [6.45, 7) is 12.2. The first kappa shape index (κ1) is 27.9. The second kappa shape index (κ2) is 10.2. The molecule has 206 valence electrons. The minimum absolute atomic E-state index is 0.194. The van der Waals surface area contributed by atoms with Crippen LogP contribution in [-0.4, -0.2) is 46.6 Å². The summed E-state index contributed by atoms with van der Waals surface area (Å²) in [7, 11) is 0. The Hall–Kier alpha value is -1.14. The second-order valence-corrected chi connectivity index (χ2v) is 14.2. The van der Waals surface area contributed by atoms with Crippen molar-refractivity contribution in [2.24, 2.45) is 46.3 Å². The summed E-state index contributed by atoms with van der Waals surface area (Å²) >= 11 is 0. The molecule has 1 unspecified atom stereocenters. The van der Waals surface area contributed by atoms with Gasteiger partial charge in [0.1, 0.15) is 5.60 Å². The Morgan fingerprint density at radius 1 is 0.944 bits per heavy atom. The van der Waals surface area contributed by atoms with Crippen LogP contribution in [0.3, 0.4) is 0 Å². The molecule has 2 N–H and O–H groups in total. The van der Waals surface area contributed by atoms with Crippen LogP contribution in [0.4, 0.5) is 0 Å². The van der Waals surface area contributed by atoms with Crippen molar-refractivity contribution in [3.05, 3.63) is 0 Å². The van der Waals surface area contributed by atoms with Gasteiger partial charge in [0.25, 0.3) is 0 Å². The largest absolute Gasteiger partial charge is 0.457 e. The van der Waals surface area contributed by atoms with Crippen molar-refractivity contribution in [3.63, 3.8) is 0 Å². The van der Waals surface area contributed by atoms with Gasteiger partial charge in [-0.2, -0.15) is 0 Å². The van der Waals surface area contributed by atoms with Crippen LogP contribution in [0.5, 0.6) is 0 Å². The van der Waals surface area contributed by atoms with Gasteiger partial charge in [0.2, 0.25) is 0 Å². The Morgan fingerprint density at radius 2 is 1.61 bits per heavy atom. The molecule has 4 rings (SSSR count). The van der Waals surface area contributed by atoms with Gasteiger partial charge in [-0.1, -0.05) is 20.8 Å². The highest BCUT2D eigenvalue weighted by atomic mass is 16.6. The van der Waals surface area contributed by atoms with Crippen molar-refractivity contribution in [2.75, 3.05) is 6.61 Å². The molecular weight excluding hydrogens is 456 g/mol. The zero-order valence-electron chi connectivity index (χ0n) is 23.4. The fourth-order valence-corrected chi connectivity index (χ4v) is 9.30. The van der Waals surface area contributed by atoms with E-state index < -0.39 is 11.6 Å². The number of hydrogen-bond donors (Lipinski definition) is 2. The highest BCUT2D eigenvalue weighted by Crippen LogP contribution is 2.68. The Bertz CT molecular complexity index is 819. The fourth-order valence-electron chi connectivity index (χ4n) is 9.30. The van der Waals surface area contributed by atoms with E-state index in [9.17, 15) is 19.8 Å². The molecule has 0 heterocycles. The van der Waals surface area contributed by atoms with Crippen LogP contribution in [0, 0.1) is 46.3 Å². The highest BCUT2D eigenvalue weighted by molar-refractivity contribution is 5.76. The molecule has 0 aromatic rings. The molecular formula is C30H50O6. The zero-order valence-corrected chi connectivity index (χ0v) is 23.4. The van der Waals surface area contributed by atoms with E-state index in [1.165, 1.54) is 12.8 Å². The third-order valence-electron chi connectivity index (χ3n) is 11.0. The summed E-state index contributed by atoms with van der Waals surface area (Å²) in [6, 6.07) is 0. The molecule has 0 amide bonds. The van der Waals surface area contributed by atoms with Crippen molar-refractivity contribution in [3.8, 4) is 0 Å². The molecule has 0 saturated heterocycles. The molecule has 0 radical (unpaired) electrons. The predicted octanol–water partition coefficient (Wildman–Crippen LogP) is 5.28. The Labute approximate surface area is 217 Å². The van der Waals surface area contributed by atoms with Crippen molar-refractivity contribution in [1.82, 2.24) is 0 Å². The summed E-state index contributed by atoms with van der Waals surface area (Å²) in [5, 5.41) is 21.7. The normalized spacial score (nSPS) is 43.1. The molecule has 10 atom stereocenters. The maximum absolute atomic E-state index is 12.3. The van der Waals surface area contributed by atoms with Crippen LogP contribution in [0.1, 0.15) is 106 Å². The van der Waals surface area contributed by atoms with E-state index in [0.29, 0.717) is 41.9 Å². The molecule has 0 aromatic carbocycles. The molecule has 0 spiro atoms. The molecule has 4 saturated carbocycles. The number of hydrogen-bond acceptors (Lipinski definition) is 6. The van der Waals surface area contributed by atoms with E-state index >= 15 is 0 Å². The average Bonchev–Trinajstić information content (AvgIpc) is 3.13. The molecule has 0 bridgehead atoms. The van der Waals surface area contributed by atoms with E-state index in [1.807, 2.05) is 0 Å². The van der Waals surface area contributed by atoms with E-state index in [4.69, 9.17) is 9.47 Å². The lowest BCUT2D eigenvalue weighted by Gasteiger charge is -2.62. The number of aliphatic hydroxyl groups is 2. The van der Waals surface area contributed by atoms with E-state index in [-0.39, 0.29) is 35.6 Å². The summed E-state index contributed by atoms with van der Waals surface area (Å²) in [4.78, 5) is 24.2. The SMILES string of the molecule is C[C@H](CCC(=O)OCC(=O)OC(C)(C)C)[C@H]1CC[C@H]2[C@@H]3[C@@H](O)CC4C[C@@H](O)CC[C@]4(C)[C@H]3CC[C@]12C. The monoisotopic (exact) mass is 506 g/mol. The Kier molecular flexibility index (Phi) is 7.90. The van der Waals surface area contributed by atoms with E-state index in [2.05, 4.69) is 20.8 Å². The van der Waals surface area contributed by atoms with Crippen LogP contribution >= 0.6 is 0 Å². The topological polar surface area (TPSA) is 93.1 Å². The first-order valence-electron chi connectivity index (χ1n) is 14.5. The van der Waals surface area contributed by atoms with Crippen LogP contribution in [0.15, 0.2) is 0 Å². The molecule has 6 heteroatoms. The smallest absolute Gasteiger partial charge is 0.344 e. The molecule has 4 aliphatic carbocycles. The summed E-state index contributed by atoms with van der Waals surface area (Å²) in [5.74, 6) is 1.95. The first-order chi connectivity index (χ1) is 16.7. The van der Waals surface area contributed by atoms with Gasteiger partial charge in [-0.25, -0.2) is 4.79 Å². The van der Waals surface area contributed by atoms with Crippen molar-refractivity contribution in [2.45, 2.75) is 124 Å². The molecule has 4 fully saturated rings. The second-order valence-electron chi connectivity index (χ2n) is 14.2. The zero-order chi connectivity index (χ0) is 26.5. The number of aliphatic hydroxyl groups excluding tert-OH is 2. The first-order valence-corrected chi connectivity index (χ1v) is 14.5. The van der Waals surface area contributed by atoms with Crippen LogP contribution in [0.2, 0.25) is 0 Å². The molecule has 0 aromatic heterocycles. The number of ether oxygens (including phenoxy) is 2. The summed E-state index contributed by atoms with van der Waals surface area (Å²) in [5.41, 5.74) is -0.153. The van der Waals surface area contributed by atoms with E-state index in [0.717, 1.165) is 44.9 Å². The molecule has 6 nitrogen and oxygen atoms in total. The van der Waals surface area contributed by atoms with Gasteiger partial charge < -0.3 is 19.7 Å². The molecule has 0 aliphatic heterocycles. The van der Waals surface area contributed by atoms with Gasteiger partial charge in [0.05, 0.1) is 12.2 Å². The maximum Gasteiger partial charge on any atom is 0.344 e. The lowest BCUT2D eigenvalue weighted by Crippen LogP contribution is -2.58. The van der Waals surface area contributed by atoms with Crippen LogP contribution < -0.4 is 0 Å². The standard InChI is InChI=1S/C30H50O6/c1-18(7-10-25(33)35-17-26(34)36-28(2,3)4)21-8-9-22-27-23(12-14-30(21,22)6)29(5)13-11-20(31)15-19(29)16-24(27)32/h18-24,27,31-32H,7-17H2,1-6H3/t18-,19?,20+,21-,22+,23+,24+,27+,29+,30-/m1/s1. The number of carbonyl (C=O) groups excluding carboxylic acids is 2. The third kappa shape index (κ3) is 5.36. The highest BCUT2D eigenvalue weighted by Gasteiger charge is 2.62. The average molecular weight is 507 g/mol. The quantitative estimate of drug-likeness (QED) is 0.476. The molecule has 4 aliphatic rings. The van der Waals surface area contributed by atoms with Gasteiger partial charge in [-0.3, -0.25) is 4.79 Å². The lowest BCUT2D eigenvalue weighted by molar-refractivity contribution is -0.174. The number of fused-ring (bicyclic) bond motifs is 5. The van der Waals surface area contributed by atoms with Crippen molar-refractivity contribution >= 4 is 11.9 Å². The van der Waals surface area contributed by atoms with Gasteiger partial charge >= 0.3 is 11.9 Å². The van der Waals surface area contributed by atoms with Gasteiger partial charge in [0.15, 0.2) is 6.61 Å². The molecule has 36 heavy (non-hydrogen) atoms. The van der Waals surface area contributed by atoms with Crippen LogP contribution in [0.25, 0.3) is 0 Å².